The van der Waals surface area contributed by atoms with E-state index in [-0.39, 0.29) is 5.56 Å². The van der Waals surface area contributed by atoms with Gasteiger partial charge in [-0.3, -0.25) is 14.3 Å². The van der Waals surface area contributed by atoms with Crippen LogP contribution in [0, 0.1) is 6.92 Å². The van der Waals surface area contributed by atoms with Gasteiger partial charge in [-0.15, -0.1) is 0 Å². The Bertz CT molecular complexity index is 567. The molecule has 4 atom stereocenters. The van der Waals surface area contributed by atoms with Gasteiger partial charge in [0, 0.05) is 11.8 Å². The molecule has 1 unspecified atom stereocenters. The topological polar surface area (TPSA) is 137 Å². The molecule has 2 rings (SSSR count). The predicted molar refractivity (Wildman–Crippen MR) is 61.8 cm³/mol. The van der Waals surface area contributed by atoms with E-state index in [2.05, 4.69) is 4.98 Å². The van der Waals surface area contributed by atoms with Crippen molar-refractivity contribution in [2.45, 2.75) is 31.4 Å². The zero-order valence-electron chi connectivity index (χ0n) is 10.1. The van der Waals surface area contributed by atoms with Crippen molar-refractivity contribution < 1.29 is 20.2 Å². The maximum atomic E-state index is 11.7. The number of H-pyrrole nitrogens is 1. The molecule has 0 aliphatic carbocycles. The number of hydrogen-bond acceptors (Lipinski definition) is 7. The molecule has 1 aliphatic heterocycles. The molecule has 0 bridgehead atoms. The Balaban J connectivity index is 2.44. The first kappa shape index (κ1) is 13.9. The zero-order chi connectivity index (χ0) is 14.2. The first-order valence-corrected chi connectivity index (χ1v) is 5.65. The first-order valence-electron chi connectivity index (χ1n) is 5.65. The smallest absolute Gasteiger partial charge is 0.330 e. The molecule has 0 aromatic carbocycles. The van der Waals surface area contributed by atoms with Crippen molar-refractivity contribution in [3.63, 3.8) is 0 Å². The highest BCUT2D eigenvalue weighted by Crippen LogP contribution is 2.27. The molecule has 1 aromatic heterocycles. The summed E-state index contributed by atoms with van der Waals surface area (Å²) >= 11 is 0. The minimum atomic E-state index is -1.20. The van der Waals surface area contributed by atoms with Crippen LogP contribution in [0.3, 0.4) is 0 Å². The van der Waals surface area contributed by atoms with Crippen LogP contribution in [0.5, 0.6) is 0 Å². The molecular formula is C10H15N3O6. The molecule has 9 heteroatoms. The minimum Gasteiger partial charge on any atom is -0.394 e. The number of ether oxygens (including phenoxy) is 1. The minimum absolute atomic E-state index is 0.279. The van der Waals surface area contributed by atoms with E-state index in [1.165, 1.54) is 13.1 Å². The van der Waals surface area contributed by atoms with Gasteiger partial charge in [0.15, 0.2) is 6.23 Å². The lowest BCUT2D eigenvalue weighted by Crippen LogP contribution is -2.45. The van der Waals surface area contributed by atoms with E-state index >= 15 is 0 Å². The Hall–Kier alpha value is -1.52. The van der Waals surface area contributed by atoms with E-state index in [1.54, 1.807) is 0 Å². The summed E-state index contributed by atoms with van der Waals surface area (Å²) in [6.45, 7) is 1.04. The lowest BCUT2D eigenvalue weighted by Gasteiger charge is -2.20. The van der Waals surface area contributed by atoms with Gasteiger partial charge in [0.1, 0.15) is 18.2 Å². The lowest BCUT2D eigenvalue weighted by molar-refractivity contribution is -0.0500. The fraction of sp³-hybridized carbons (Fsp3) is 0.600. The standard InChI is InChI=1S/C10H15N3O6/c1-4-2-13(10(17)11-8(4)16)9-6(12-18)7(15)5(3-14)19-9/h2,5-7,9,12,14-15,18H,3H2,1H3,(H,11,16,17)/t5-,6?,7-,9-/m1/s1. The fourth-order valence-electron chi connectivity index (χ4n) is 2.05. The number of hydroxylamine groups is 1. The third-order valence-electron chi connectivity index (χ3n) is 3.12. The molecule has 19 heavy (non-hydrogen) atoms. The Morgan fingerprint density at radius 2 is 2.21 bits per heavy atom. The van der Waals surface area contributed by atoms with Crippen molar-refractivity contribution in [1.82, 2.24) is 15.0 Å². The van der Waals surface area contributed by atoms with E-state index in [4.69, 9.17) is 15.1 Å². The largest absolute Gasteiger partial charge is 0.394 e. The predicted octanol–water partition coefficient (Wildman–Crippen LogP) is -2.56. The molecule has 0 saturated carbocycles. The quantitative estimate of drug-likeness (QED) is 0.382. The van der Waals surface area contributed by atoms with Gasteiger partial charge in [0.25, 0.3) is 5.56 Å². The molecule has 1 aliphatic rings. The van der Waals surface area contributed by atoms with Crippen LogP contribution >= 0.6 is 0 Å². The van der Waals surface area contributed by atoms with Gasteiger partial charge in [-0.2, -0.15) is 5.48 Å². The fourth-order valence-corrected chi connectivity index (χ4v) is 2.05. The van der Waals surface area contributed by atoms with Crippen LogP contribution in [-0.2, 0) is 4.74 Å². The zero-order valence-corrected chi connectivity index (χ0v) is 10.1. The summed E-state index contributed by atoms with van der Waals surface area (Å²) in [5.74, 6) is 0. The molecule has 0 radical (unpaired) electrons. The highest BCUT2D eigenvalue weighted by molar-refractivity contribution is 5.03. The highest BCUT2D eigenvalue weighted by atomic mass is 16.6. The van der Waals surface area contributed by atoms with Gasteiger partial charge < -0.3 is 20.2 Å². The molecule has 1 fully saturated rings. The number of aliphatic hydroxyl groups is 2. The number of hydrogen-bond donors (Lipinski definition) is 5. The molecule has 1 saturated heterocycles. The second-order valence-corrected chi connectivity index (χ2v) is 4.37. The van der Waals surface area contributed by atoms with Crippen molar-refractivity contribution >= 4 is 0 Å². The summed E-state index contributed by atoms with van der Waals surface area (Å²) in [6, 6.07) is -1.000. The van der Waals surface area contributed by atoms with E-state index in [0.29, 0.717) is 0 Å². The van der Waals surface area contributed by atoms with Gasteiger partial charge in [0.2, 0.25) is 0 Å². The van der Waals surface area contributed by atoms with E-state index in [0.717, 1.165) is 4.57 Å². The van der Waals surface area contributed by atoms with Crippen LogP contribution < -0.4 is 16.7 Å². The number of aryl methyl sites for hydroxylation is 1. The Morgan fingerprint density at radius 3 is 2.79 bits per heavy atom. The Labute approximate surface area is 107 Å². The van der Waals surface area contributed by atoms with E-state index < -0.39 is 42.3 Å². The summed E-state index contributed by atoms with van der Waals surface area (Å²) in [5, 5.41) is 27.9. The third kappa shape index (κ3) is 2.33. The molecular weight excluding hydrogens is 258 g/mol. The summed E-state index contributed by atoms with van der Waals surface area (Å²) < 4.78 is 6.35. The SMILES string of the molecule is Cc1cn([C@@H]2O[C@H](CO)[C@@H](O)C2NO)c(=O)[nH]c1=O. The molecule has 0 spiro atoms. The van der Waals surface area contributed by atoms with Crippen molar-refractivity contribution in [3.05, 3.63) is 32.6 Å². The first-order chi connectivity index (χ1) is 8.99. The Kier molecular flexibility index (Phi) is 3.83. The summed E-state index contributed by atoms with van der Waals surface area (Å²) in [4.78, 5) is 25.1. The third-order valence-corrected chi connectivity index (χ3v) is 3.12. The van der Waals surface area contributed by atoms with Crippen LogP contribution in [0.15, 0.2) is 15.8 Å². The van der Waals surface area contributed by atoms with Gasteiger partial charge in [-0.05, 0) is 6.92 Å². The van der Waals surface area contributed by atoms with Gasteiger partial charge in [-0.25, -0.2) is 4.79 Å². The second kappa shape index (κ2) is 5.23. The summed E-state index contributed by atoms with van der Waals surface area (Å²) in [5.41, 5.74) is 0.878. The van der Waals surface area contributed by atoms with Crippen molar-refractivity contribution in [1.29, 1.82) is 0 Å². The Morgan fingerprint density at radius 1 is 1.53 bits per heavy atom. The average Bonchev–Trinajstić information content (AvgIpc) is 2.70. The summed E-state index contributed by atoms with van der Waals surface area (Å²) in [7, 11) is 0. The van der Waals surface area contributed by atoms with Crippen LogP contribution in [0.25, 0.3) is 0 Å². The van der Waals surface area contributed by atoms with Gasteiger partial charge >= 0.3 is 5.69 Å². The maximum Gasteiger partial charge on any atom is 0.330 e. The van der Waals surface area contributed by atoms with Crippen molar-refractivity contribution in [2.75, 3.05) is 6.61 Å². The monoisotopic (exact) mass is 273 g/mol. The van der Waals surface area contributed by atoms with Gasteiger partial charge in [-0.1, -0.05) is 0 Å². The van der Waals surface area contributed by atoms with Crippen LogP contribution in [0.1, 0.15) is 11.8 Å². The molecule has 2 heterocycles. The maximum absolute atomic E-state index is 11.7. The normalized spacial score (nSPS) is 30.7. The number of rotatable bonds is 3. The number of nitrogens with one attached hydrogen (secondary N) is 2. The summed E-state index contributed by atoms with van der Waals surface area (Å²) in [6.07, 6.45) is -1.91. The second-order valence-electron chi connectivity index (χ2n) is 4.37. The van der Waals surface area contributed by atoms with Crippen molar-refractivity contribution in [2.24, 2.45) is 0 Å². The molecule has 9 nitrogen and oxygen atoms in total. The molecule has 0 amide bonds. The molecule has 5 N–H and O–H groups in total. The van der Waals surface area contributed by atoms with Crippen molar-refractivity contribution in [3.8, 4) is 0 Å². The number of aromatic amines is 1. The molecule has 1 aromatic rings. The van der Waals surface area contributed by atoms with E-state index in [9.17, 15) is 14.7 Å². The molecule has 106 valence electrons. The average molecular weight is 273 g/mol. The number of aromatic nitrogens is 2. The van der Waals surface area contributed by atoms with Gasteiger partial charge in [0.05, 0.1) is 6.61 Å². The number of aliphatic hydroxyl groups excluding tert-OH is 2. The highest BCUT2D eigenvalue weighted by Gasteiger charge is 2.44. The van der Waals surface area contributed by atoms with Crippen LogP contribution in [0.2, 0.25) is 0 Å². The number of nitrogens with zero attached hydrogens (tertiary/aromatic N) is 1. The van der Waals surface area contributed by atoms with Crippen LogP contribution in [-0.4, -0.2) is 49.8 Å². The van der Waals surface area contributed by atoms with Crippen LogP contribution in [0.4, 0.5) is 0 Å². The lowest BCUT2D eigenvalue weighted by atomic mass is 10.1. The van der Waals surface area contributed by atoms with E-state index in [1.807, 2.05) is 5.48 Å².